The van der Waals surface area contributed by atoms with E-state index in [0.29, 0.717) is 12.3 Å². The summed E-state index contributed by atoms with van der Waals surface area (Å²) in [5.41, 5.74) is 2.83. The summed E-state index contributed by atoms with van der Waals surface area (Å²) in [7, 11) is 0. The van der Waals surface area contributed by atoms with E-state index in [0.717, 1.165) is 10.0 Å². The van der Waals surface area contributed by atoms with E-state index in [2.05, 4.69) is 48.4 Å². The summed E-state index contributed by atoms with van der Waals surface area (Å²) in [6, 6.07) is 8.50. The molecule has 2 rings (SSSR count). The Morgan fingerprint density at radius 3 is 2.62 bits per heavy atom. The second-order valence-corrected chi connectivity index (χ2v) is 6.12. The number of aromatic nitrogens is 1. The van der Waals surface area contributed by atoms with Crippen LogP contribution in [0.5, 0.6) is 0 Å². The SMILES string of the molecule is CCOC(=O)c1nc(NC(C)c2ccc(C)cc2)sc1C. The minimum absolute atomic E-state index is 0.131. The lowest BCUT2D eigenvalue weighted by Crippen LogP contribution is -2.08. The lowest BCUT2D eigenvalue weighted by Gasteiger charge is -2.13. The van der Waals surface area contributed by atoms with Gasteiger partial charge in [0.25, 0.3) is 0 Å². The van der Waals surface area contributed by atoms with E-state index in [4.69, 9.17) is 4.74 Å². The van der Waals surface area contributed by atoms with Crippen LogP contribution < -0.4 is 5.32 Å². The summed E-state index contributed by atoms with van der Waals surface area (Å²) < 4.78 is 5.00. The van der Waals surface area contributed by atoms with Crippen molar-refractivity contribution in [3.8, 4) is 0 Å². The van der Waals surface area contributed by atoms with Crippen LogP contribution >= 0.6 is 11.3 Å². The Morgan fingerprint density at radius 1 is 1.33 bits per heavy atom. The van der Waals surface area contributed by atoms with Crippen LogP contribution in [0.15, 0.2) is 24.3 Å². The molecule has 2 aromatic rings. The number of benzene rings is 1. The number of nitrogens with zero attached hydrogens (tertiary/aromatic N) is 1. The van der Waals surface area contributed by atoms with Gasteiger partial charge in [-0.1, -0.05) is 29.8 Å². The van der Waals surface area contributed by atoms with E-state index in [1.807, 2.05) is 6.92 Å². The van der Waals surface area contributed by atoms with E-state index in [1.54, 1.807) is 6.92 Å². The molecule has 0 aliphatic rings. The van der Waals surface area contributed by atoms with E-state index in [-0.39, 0.29) is 12.0 Å². The monoisotopic (exact) mass is 304 g/mol. The van der Waals surface area contributed by atoms with Crippen molar-refractivity contribution >= 4 is 22.4 Å². The first kappa shape index (κ1) is 15.5. The highest BCUT2D eigenvalue weighted by molar-refractivity contribution is 7.15. The predicted molar refractivity (Wildman–Crippen MR) is 86.0 cm³/mol. The van der Waals surface area contributed by atoms with Crippen LogP contribution in [-0.2, 0) is 4.74 Å². The van der Waals surface area contributed by atoms with E-state index >= 15 is 0 Å². The van der Waals surface area contributed by atoms with E-state index < -0.39 is 0 Å². The first-order chi connectivity index (χ1) is 10.0. The Labute approximate surface area is 129 Å². The number of carbonyl (C=O) groups excluding carboxylic acids is 1. The number of anilines is 1. The largest absolute Gasteiger partial charge is 0.461 e. The van der Waals surface area contributed by atoms with Gasteiger partial charge in [0, 0.05) is 4.88 Å². The van der Waals surface area contributed by atoms with Crippen LogP contribution in [0.1, 0.15) is 46.4 Å². The van der Waals surface area contributed by atoms with Gasteiger partial charge in [0.15, 0.2) is 10.8 Å². The van der Waals surface area contributed by atoms with Gasteiger partial charge in [-0.25, -0.2) is 9.78 Å². The third kappa shape index (κ3) is 3.82. The first-order valence-corrected chi connectivity index (χ1v) is 7.80. The summed E-state index contributed by atoms with van der Waals surface area (Å²) in [4.78, 5) is 17.0. The lowest BCUT2D eigenvalue weighted by molar-refractivity contribution is 0.0519. The highest BCUT2D eigenvalue weighted by Crippen LogP contribution is 2.26. The number of esters is 1. The molecule has 1 atom stereocenters. The summed E-state index contributed by atoms with van der Waals surface area (Å²) in [6.45, 7) is 8.17. The Morgan fingerprint density at radius 2 is 2.00 bits per heavy atom. The summed E-state index contributed by atoms with van der Waals surface area (Å²) >= 11 is 1.47. The van der Waals surface area contributed by atoms with Crippen molar-refractivity contribution in [2.24, 2.45) is 0 Å². The molecule has 1 unspecified atom stereocenters. The van der Waals surface area contributed by atoms with Crippen molar-refractivity contribution in [2.45, 2.75) is 33.7 Å². The number of hydrogen-bond donors (Lipinski definition) is 1. The number of nitrogens with one attached hydrogen (secondary N) is 1. The average Bonchev–Trinajstić information content (AvgIpc) is 2.80. The van der Waals surface area contributed by atoms with Gasteiger partial charge in [0.05, 0.1) is 12.6 Å². The highest BCUT2D eigenvalue weighted by Gasteiger charge is 2.17. The molecule has 1 aromatic heterocycles. The van der Waals surface area contributed by atoms with Crippen molar-refractivity contribution in [2.75, 3.05) is 11.9 Å². The van der Waals surface area contributed by atoms with Crippen molar-refractivity contribution in [3.05, 3.63) is 46.0 Å². The molecule has 0 aliphatic carbocycles. The maximum atomic E-state index is 11.8. The first-order valence-electron chi connectivity index (χ1n) is 6.99. The quantitative estimate of drug-likeness (QED) is 0.845. The molecule has 4 nitrogen and oxygen atoms in total. The van der Waals surface area contributed by atoms with Crippen LogP contribution in [0.2, 0.25) is 0 Å². The third-order valence-electron chi connectivity index (χ3n) is 3.18. The third-order valence-corrected chi connectivity index (χ3v) is 4.08. The normalized spacial score (nSPS) is 12.0. The summed E-state index contributed by atoms with van der Waals surface area (Å²) in [5, 5.41) is 4.07. The number of hydrogen-bond acceptors (Lipinski definition) is 5. The molecule has 0 bridgehead atoms. The van der Waals surface area contributed by atoms with E-state index in [9.17, 15) is 4.79 Å². The van der Waals surface area contributed by atoms with Gasteiger partial charge < -0.3 is 10.1 Å². The van der Waals surface area contributed by atoms with Gasteiger partial charge in [-0.3, -0.25) is 0 Å². The molecule has 1 heterocycles. The molecule has 0 radical (unpaired) electrons. The standard InChI is InChI=1S/C16H20N2O2S/c1-5-20-15(19)14-12(4)21-16(18-14)17-11(3)13-8-6-10(2)7-9-13/h6-9,11H,5H2,1-4H3,(H,17,18). The van der Waals surface area contributed by atoms with Gasteiger partial charge in [0.1, 0.15) is 0 Å². The van der Waals surface area contributed by atoms with Crippen LogP contribution in [0.25, 0.3) is 0 Å². The predicted octanol–water partition coefficient (Wildman–Crippen LogP) is 4.11. The second-order valence-electron chi connectivity index (χ2n) is 4.92. The molecule has 0 saturated heterocycles. The van der Waals surface area contributed by atoms with Gasteiger partial charge in [-0.15, -0.1) is 11.3 Å². The molecular formula is C16H20N2O2S. The maximum absolute atomic E-state index is 11.8. The average molecular weight is 304 g/mol. The Bertz CT molecular complexity index is 620. The smallest absolute Gasteiger partial charge is 0.358 e. The molecule has 5 heteroatoms. The number of thiazole rings is 1. The van der Waals surface area contributed by atoms with Crippen LogP contribution in [0.3, 0.4) is 0 Å². The van der Waals surface area contributed by atoms with Gasteiger partial charge >= 0.3 is 5.97 Å². The zero-order chi connectivity index (χ0) is 15.4. The van der Waals surface area contributed by atoms with Crippen LogP contribution in [-0.4, -0.2) is 17.6 Å². The molecule has 21 heavy (non-hydrogen) atoms. The number of aryl methyl sites for hydroxylation is 2. The Balaban J connectivity index is 2.11. The van der Waals surface area contributed by atoms with Crippen molar-refractivity contribution in [1.29, 1.82) is 0 Å². The fraction of sp³-hybridized carbons (Fsp3) is 0.375. The molecule has 1 aromatic carbocycles. The molecule has 0 aliphatic heterocycles. The second kappa shape index (κ2) is 6.72. The zero-order valence-corrected chi connectivity index (χ0v) is 13.6. The van der Waals surface area contributed by atoms with Gasteiger partial charge in [0.2, 0.25) is 0 Å². The maximum Gasteiger partial charge on any atom is 0.358 e. The fourth-order valence-electron chi connectivity index (χ4n) is 1.97. The molecule has 0 saturated carbocycles. The van der Waals surface area contributed by atoms with Crippen molar-refractivity contribution < 1.29 is 9.53 Å². The molecular weight excluding hydrogens is 284 g/mol. The van der Waals surface area contributed by atoms with E-state index in [1.165, 1.54) is 22.5 Å². The molecule has 112 valence electrons. The Kier molecular flexibility index (Phi) is 4.96. The minimum atomic E-state index is -0.359. The fourth-order valence-corrected chi connectivity index (χ4v) is 2.86. The number of ether oxygens (including phenoxy) is 1. The molecule has 0 amide bonds. The van der Waals surface area contributed by atoms with Crippen LogP contribution in [0.4, 0.5) is 5.13 Å². The van der Waals surface area contributed by atoms with Gasteiger partial charge in [-0.05, 0) is 33.3 Å². The number of rotatable bonds is 5. The topological polar surface area (TPSA) is 51.2 Å². The van der Waals surface area contributed by atoms with Crippen molar-refractivity contribution in [3.63, 3.8) is 0 Å². The summed E-state index contributed by atoms with van der Waals surface area (Å²) in [6.07, 6.45) is 0. The zero-order valence-electron chi connectivity index (χ0n) is 12.8. The number of carbonyl (C=O) groups is 1. The Hall–Kier alpha value is -1.88. The molecule has 0 spiro atoms. The van der Waals surface area contributed by atoms with Crippen molar-refractivity contribution in [1.82, 2.24) is 4.98 Å². The minimum Gasteiger partial charge on any atom is -0.461 e. The highest BCUT2D eigenvalue weighted by atomic mass is 32.1. The summed E-state index contributed by atoms with van der Waals surface area (Å²) in [5.74, 6) is -0.359. The lowest BCUT2D eigenvalue weighted by atomic mass is 10.1. The molecule has 1 N–H and O–H groups in total. The van der Waals surface area contributed by atoms with Gasteiger partial charge in [-0.2, -0.15) is 0 Å². The van der Waals surface area contributed by atoms with Crippen LogP contribution in [0, 0.1) is 13.8 Å². The molecule has 0 fully saturated rings.